The van der Waals surface area contributed by atoms with E-state index in [1.165, 1.54) is 0 Å². The second-order valence-corrected chi connectivity index (χ2v) is 2.42. The first-order valence-electron chi connectivity index (χ1n) is 3.59. The number of aliphatic hydroxyl groups excluding tert-OH is 1. The first-order chi connectivity index (χ1) is 6.05. The van der Waals surface area contributed by atoms with Crippen LogP contribution in [0.15, 0.2) is 12.4 Å². The SMILES string of the molecule is OCCC(n1nccn1)C(F)(F)F. The molecule has 1 rings (SSSR count). The van der Waals surface area contributed by atoms with Gasteiger partial charge in [-0.3, -0.25) is 0 Å². The maximum atomic E-state index is 12.3. The Morgan fingerprint density at radius 3 is 2.23 bits per heavy atom. The van der Waals surface area contributed by atoms with Crippen molar-refractivity contribution in [3.8, 4) is 0 Å². The summed E-state index contributed by atoms with van der Waals surface area (Å²) in [6.07, 6.45) is -2.54. The predicted octanol–water partition coefficient (Wildman–Crippen LogP) is 0.764. The quantitative estimate of drug-likeness (QED) is 0.774. The van der Waals surface area contributed by atoms with Crippen LogP contribution in [0.5, 0.6) is 0 Å². The minimum absolute atomic E-state index is 0.432. The van der Waals surface area contributed by atoms with Crippen LogP contribution in [0.4, 0.5) is 13.2 Å². The Morgan fingerprint density at radius 1 is 1.31 bits per heavy atom. The zero-order chi connectivity index (χ0) is 9.90. The lowest BCUT2D eigenvalue weighted by Crippen LogP contribution is -2.29. The first-order valence-corrected chi connectivity index (χ1v) is 3.59. The Kier molecular flexibility index (Phi) is 2.86. The minimum atomic E-state index is -4.43. The van der Waals surface area contributed by atoms with Gasteiger partial charge in [0.1, 0.15) is 0 Å². The largest absolute Gasteiger partial charge is 0.412 e. The Hall–Kier alpha value is -1.11. The fourth-order valence-corrected chi connectivity index (χ4v) is 0.919. The standard InChI is InChI=1S/C6H8F3N3O/c7-6(8,9)5(1-4-13)12-10-2-3-11-12/h2-3,5,13H,1,4H2. The van der Waals surface area contributed by atoms with Crippen LogP contribution in [0.2, 0.25) is 0 Å². The number of halogens is 3. The molecule has 1 aromatic rings. The summed E-state index contributed by atoms with van der Waals surface area (Å²) in [6.45, 7) is -0.550. The molecule has 74 valence electrons. The van der Waals surface area contributed by atoms with E-state index in [4.69, 9.17) is 5.11 Å². The lowest BCUT2D eigenvalue weighted by atomic mass is 10.2. The van der Waals surface area contributed by atoms with Crippen LogP contribution in [-0.4, -0.2) is 32.9 Å². The third-order valence-corrected chi connectivity index (χ3v) is 1.50. The van der Waals surface area contributed by atoms with Gasteiger partial charge >= 0.3 is 6.18 Å². The highest BCUT2D eigenvalue weighted by Crippen LogP contribution is 2.31. The van der Waals surface area contributed by atoms with Crippen molar-refractivity contribution in [1.29, 1.82) is 0 Å². The summed E-state index contributed by atoms with van der Waals surface area (Å²) < 4.78 is 36.8. The molecular formula is C6H8F3N3O. The Balaban J connectivity index is 2.81. The van der Waals surface area contributed by atoms with E-state index in [9.17, 15) is 13.2 Å². The van der Waals surface area contributed by atoms with Gasteiger partial charge < -0.3 is 5.11 Å². The van der Waals surface area contributed by atoms with Crippen molar-refractivity contribution in [2.75, 3.05) is 6.61 Å². The third kappa shape index (κ3) is 2.41. The molecule has 4 nitrogen and oxygen atoms in total. The molecule has 1 unspecified atom stereocenters. The smallest absolute Gasteiger partial charge is 0.396 e. The summed E-state index contributed by atoms with van der Waals surface area (Å²) in [6, 6.07) is -1.84. The number of nitrogens with zero attached hydrogens (tertiary/aromatic N) is 3. The average Bonchev–Trinajstić information content (AvgIpc) is 2.49. The molecule has 0 amide bonds. The molecule has 1 aromatic heterocycles. The number of hydrogen-bond acceptors (Lipinski definition) is 3. The fraction of sp³-hybridized carbons (Fsp3) is 0.667. The highest BCUT2D eigenvalue weighted by Gasteiger charge is 2.41. The molecule has 0 radical (unpaired) electrons. The van der Waals surface area contributed by atoms with Gasteiger partial charge in [0, 0.05) is 13.0 Å². The molecule has 0 fully saturated rings. The summed E-state index contributed by atoms with van der Waals surface area (Å²) in [5.74, 6) is 0. The van der Waals surface area contributed by atoms with Crippen molar-refractivity contribution in [2.45, 2.75) is 18.6 Å². The topological polar surface area (TPSA) is 50.9 Å². The summed E-state index contributed by atoms with van der Waals surface area (Å²) in [4.78, 5) is 0.552. The maximum Gasteiger partial charge on any atom is 0.412 e. The normalized spacial score (nSPS) is 14.5. The highest BCUT2D eigenvalue weighted by atomic mass is 19.4. The highest BCUT2D eigenvalue weighted by molar-refractivity contribution is 4.73. The Bertz CT molecular complexity index is 246. The predicted molar refractivity (Wildman–Crippen MR) is 36.8 cm³/mol. The molecule has 7 heteroatoms. The van der Waals surface area contributed by atoms with Gasteiger partial charge in [-0.1, -0.05) is 0 Å². The van der Waals surface area contributed by atoms with Crippen LogP contribution in [0.25, 0.3) is 0 Å². The number of aliphatic hydroxyl groups is 1. The molecule has 0 saturated heterocycles. The Morgan fingerprint density at radius 2 is 1.85 bits per heavy atom. The lowest BCUT2D eigenvalue weighted by Gasteiger charge is -2.17. The molecule has 1 atom stereocenters. The fourth-order valence-electron chi connectivity index (χ4n) is 0.919. The van der Waals surface area contributed by atoms with Crippen LogP contribution in [0.1, 0.15) is 12.5 Å². The van der Waals surface area contributed by atoms with E-state index in [1.807, 2.05) is 0 Å². The van der Waals surface area contributed by atoms with Gasteiger partial charge in [-0.2, -0.15) is 28.2 Å². The first kappa shape index (κ1) is 9.97. The van der Waals surface area contributed by atoms with Crippen molar-refractivity contribution >= 4 is 0 Å². The van der Waals surface area contributed by atoms with Crippen molar-refractivity contribution in [3.05, 3.63) is 12.4 Å². The number of alkyl halides is 3. The maximum absolute atomic E-state index is 12.3. The second kappa shape index (κ2) is 3.73. The summed E-state index contributed by atoms with van der Waals surface area (Å²) in [5, 5.41) is 15.2. The molecule has 0 aromatic carbocycles. The summed E-state index contributed by atoms with van der Waals surface area (Å²) in [7, 11) is 0. The Labute approximate surface area is 72.0 Å². The zero-order valence-electron chi connectivity index (χ0n) is 6.57. The average molecular weight is 195 g/mol. The van der Waals surface area contributed by atoms with Gasteiger partial charge in [0.05, 0.1) is 12.4 Å². The van der Waals surface area contributed by atoms with E-state index in [0.29, 0.717) is 4.80 Å². The zero-order valence-corrected chi connectivity index (χ0v) is 6.57. The van der Waals surface area contributed by atoms with E-state index in [0.717, 1.165) is 12.4 Å². The molecule has 1 N–H and O–H groups in total. The van der Waals surface area contributed by atoms with Crippen molar-refractivity contribution < 1.29 is 18.3 Å². The molecule has 0 aliphatic carbocycles. The van der Waals surface area contributed by atoms with E-state index >= 15 is 0 Å². The second-order valence-electron chi connectivity index (χ2n) is 2.42. The van der Waals surface area contributed by atoms with Crippen molar-refractivity contribution in [2.24, 2.45) is 0 Å². The molecule has 0 aliphatic heterocycles. The molecule has 13 heavy (non-hydrogen) atoms. The van der Waals surface area contributed by atoms with Gasteiger partial charge in [0.15, 0.2) is 6.04 Å². The number of hydrogen-bond donors (Lipinski definition) is 1. The molecule has 0 bridgehead atoms. The van der Waals surface area contributed by atoms with Gasteiger partial charge in [-0.15, -0.1) is 0 Å². The third-order valence-electron chi connectivity index (χ3n) is 1.50. The van der Waals surface area contributed by atoms with E-state index < -0.39 is 25.2 Å². The summed E-state index contributed by atoms with van der Waals surface area (Å²) >= 11 is 0. The molecule has 0 saturated carbocycles. The molecule has 0 aliphatic rings. The van der Waals surface area contributed by atoms with Gasteiger partial charge in [0.2, 0.25) is 0 Å². The van der Waals surface area contributed by atoms with Gasteiger partial charge in [-0.05, 0) is 0 Å². The minimum Gasteiger partial charge on any atom is -0.396 e. The van der Waals surface area contributed by atoms with Gasteiger partial charge in [-0.25, -0.2) is 0 Å². The number of aromatic nitrogens is 3. The van der Waals surface area contributed by atoms with Crippen LogP contribution >= 0.6 is 0 Å². The van der Waals surface area contributed by atoms with E-state index in [2.05, 4.69) is 10.2 Å². The van der Waals surface area contributed by atoms with Crippen molar-refractivity contribution in [1.82, 2.24) is 15.0 Å². The molecule has 1 heterocycles. The lowest BCUT2D eigenvalue weighted by molar-refractivity contribution is -0.176. The van der Waals surface area contributed by atoms with Crippen LogP contribution < -0.4 is 0 Å². The van der Waals surface area contributed by atoms with Crippen LogP contribution in [0, 0.1) is 0 Å². The monoisotopic (exact) mass is 195 g/mol. The van der Waals surface area contributed by atoms with E-state index in [-0.39, 0.29) is 0 Å². The van der Waals surface area contributed by atoms with Gasteiger partial charge in [0.25, 0.3) is 0 Å². The summed E-state index contributed by atoms with van der Waals surface area (Å²) in [5.41, 5.74) is 0. The van der Waals surface area contributed by atoms with Crippen LogP contribution in [0.3, 0.4) is 0 Å². The molecular weight excluding hydrogens is 187 g/mol. The number of rotatable bonds is 3. The molecule has 0 spiro atoms. The van der Waals surface area contributed by atoms with E-state index in [1.54, 1.807) is 0 Å². The van der Waals surface area contributed by atoms with Crippen LogP contribution in [-0.2, 0) is 0 Å². The van der Waals surface area contributed by atoms with Crippen molar-refractivity contribution in [3.63, 3.8) is 0 Å².